The molecule has 0 N–H and O–H groups in total. The lowest BCUT2D eigenvalue weighted by atomic mass is 9.91. The number of fused-ring (bicyclic) bond motifs is 1. The van der Waals surface area contributed by atoms with Gasteiger partial charge in [0.05, 0.1) is 5.71 Å². The summed E-state index contributed by atoms with van der Waals surface area (Å²) < 4.78 is 0. The van der Waals surface area contributed by atoms with Crippen molar-refractivity contribution in [2.24, 2.45) is 4.99 Å². The molecule has 0 saturated heterocycles. The number of hydrogen-bond donors (Lipinski definition) is 0. The molecule has 0 unspecified atom stereocenters. The Morgan fingerprint density at radius 1 is 0.950 bits per heavy atom. The van der Waals surface area contributed by atoms with E-state index in [0.717, 1.165) is 22.4 Å². The van der Waals surface area contributed by atoms with E-state index in [1.54, 1.807) is 6.08 Å². The first-order valence-corrected chi connectivity index (χ1v) is 6.67. The molecule has 0 radical (unpaired) electrons. The molecule has 1 aliphatic heterocycles. The molecule has 98 valence electrons. The number of hydrogen-bond acceptors (Lipinski definition) is 2. The highest BCUT2D eigenvalue weighted by Gasteiger charge is 2.24. The summed E-state index contributed by atoms with van der Waals surface area (Å²) in [5.74, 6) is -0.000961. The van der Waals surface area contributed by atoms with E-state index >= 15 is 0 Å². The van der Waals surface area contributed by atoms with E-state index in [0.29, 0.717) is 5.70 Å². The van der Waals surface area contributed by atoms with Gasteiger partial charge in [0.1, 0.15) is 5.70 Å². The normalized spacial score (nSPS) is 16.0. The fourth-order valence-electron chi connectivity index (χ4n) is 2.38. The number of carbonyl (C=O) groups excluding carboxylic acids is 1. The number of aryl methyl sites for hydroxylation is 1. The van der Waals surface area contributed by atoms with Gasteiger partial charge in [-0.1, -0.05) is 60.2 Å². The summed E-state index contributed by atoms with van der Waals surface area (Å²) in [6.07, 6.45) is 1.77. The molecule has 0 fully saturated rings. The van der Waals surface area contributed by atoms with Crippen molar-refractivity contribution in [3.05, 3.63) is 82.6 Å². The third-order valence-electron chi connectivity index (χ3n) is 3.49. The van der Waals surface area contributed by atoms with Gasteiger partial charge in [0.2, 0.25) is 5.78 Å². The van der Waals surface area contributed by atoms with Gasteiger partial charge >= 0.3 is 0 Å². The fourth-order valence-corrected chi connectivity index (χ4v) is 2.38. The van der Waals surface area contributed by atoms with Crippen LogP contribution in [0.4, 0.5) is 0 Å². The summed E-state index contributed by atoms with van der Waals surface area (Å²) in [7, 11) is 0. The molecule has 2 aromatic rings. The van der Waals surface area contributed by atoms with Crippen LogP contribution in [0.1, 0.15) is 34.0 Å². The van der Waals surface area contributed by atoms with Crippen LogP contribution >= 0.6 is 0 Å². The minimum Gasteiger partial charge on any atom is -0.287 e. The van der Waals surface area contributed by atoms with Crippen molar-refractivity contribution in [2.45, 2.75) is 13.8 Å². The summed E-state index contributed by atoms with van der Waals surface area (Å²) in [5.41, 5.74) is 5.27. The molecule has 20 heavy (non-hydrogen) atoms. The predicted molar refractivity (Wildman–Crippen MR) is 81.3 cm³/mol. The van der Waals surface area contributed by atoms with Gasteiger partial charge < -0.3 is 0 Å². The van der Waals surface area contributed by atoms with Gasteiger partial charge in [0, 0.05) is 16.7 Å². The Labute approximate surface area is 118 Å². The van der Waals surface area contributed by atoms with E-state index in [1.807, 2.05) is 43.3 Å². The van der Waals surface area contributed by atoms with Crippen LogP contribution in [-0.2, 0) is 0 Å². The maximum Gasteiger partial charge on any atom is 0.211 e. The van der Waals surface area contributed by atoms with Crippen molar-refractivity contribution in [3.63, 3.8) is 0 Å². The fraction of sp³-hybridized carbons (Fsp3) is 0.111. The molecule has 0 amide bonds. The molecule has 0 aliphatic carbocycles. The molecule has 1 aliphatic rings. The van der Waals surface area contributed by atoms with Gasteiger partial charge in [-0.3, -0.25) is 4.79 Å². The van der Waals surface area contributed by atoms with E-state index in [4.69, 9.17) is 0 Å². The minimum atomic E-state index is -0.000961. The van der Waals surface area contributed by atoms with Crippen LogP contribution in [0, 0.1) is 6.92 Å². The average molecular weight is 261 g/mol. The first-order valence-electron chi connectivity index (χ1n) is 6.67. The second-order valence-electron chi connectivity index (χ2n) is 4.88. The Morgan fingerprint density at radius 2 is 1.60 bits per heavy atom. The van der Waals surface area contributed by atoms with E-state index in [1.165, 1.54) is 5.56 Å². The summed E-state index contributed by atoms with van der Waals surface area (Å²) in [6, 6.07) is 15.9. The third-order valence-corrected chi connectivity index (χ3v) is 3.49. The Kier molecular flexibility index (Phi) is 3.07. The van der Waals surface area contributed by atoms with Gasteiger partial charge in [-0.2, -0.15) is 0 Å². The average Bonchev–Trinajstić information content (AvgIpc) is 2.49. The summed E-state index contributed by atoms with van der Waals surface area (Å²) >= 11 is 0. The molecule has 3 rings (SSSR count). The molecule has 1 heterocycles. The van der Waals surface area contributed by atoms with Crippen LogP contribution in [0.3, 0.4) is 0 Å². The SMILES string of the molecule is C/C=C1/N=C(c2ccc(C)cc2)c2ccccc2C1=O. The van der Waals surface area contributed by atoms with Crippen LogP contribution in [-0.4, -0.2) is 11.5 Å². The molecule has 0 bridgehead atoms. The Hall–Kier alpha value is -2.48. The number of rotatable bonds is 1. The van der Waals surface area contributed by atoms with Crippen molar-refractivity contribution in [2.75, 3.05) is 0 Å². The monoisotopic (exact) mass is 261 g/mol. The second kappa shape index (κ2) is 4.89. The molecule has 0 spiro atoms. The maximum atomic E-state index is 12.3. The van der Waals surface area contributed by atoms with Gasteiger partial charge in [-0.15, -0.1) is 0 Å². The zero-order valence-corrected chi connectivity index (χ0v) is 11.6. The standard InChI is InChI=1S/C18H15NO/c1-3-16-18(20)15-7-5-4-6-14(15)17(19-16)13-10-8-12(2)9-11-13/h3-11H,1-2H3/b16-3+. The van der Waals surface area contributed by atoms with Crippen LogP contribution in [0.25, 0.3) is 0 Å². The number of nitrogens with zero attached hydrogens (tertiary/aromatic N) is 1. The molecular weight excluding hydrogens is 246 g/mol. The first-order chi connectivity index (χ1) is 9.70. The van der Waals surface area contributed by atoms with Crippen LogP contribution in [0.5, 0.6) is 0 Å². The van der Waals surface area contributed by atoms with Crippen molar-refractivity contribution in [1.82, 2.24) is 0 Å². The van der Waals surface area contributed by atoms with E-state index in [-0.39, 0.29) is 5.78 Å². The van der Waals surface area contributed by atoms with Gasteiger partial charge in [-0.05, 0) is 13.8 Å². The lowest BCUT2D eigenvalue weighted by Crippen LogP contribution is -2.18. The Bertz CT molecular complexity index is 736. The summed E-state index contributed by atoms with van der Waals surface area (Å²) in [4.78, 5) is 16.9. The second-order valence-corrected chi connectivity index (χ2v) is 4.88. The van der Waals surface area contributed by atoms with Crippen LogP contribution in [0.15, 0.2) is 65.3 Å². The van der Waals surface area contributed by atoms with Gasteiger partial charge in [0.25, 0.3) is 0 Å². The number of aliphatic imine (C=N–C) groups is 1. The molecular formula is C18H15NO. The third kappa shape index (κ3) is 1.99. The Balaban J connectivity index is 2.23. The zero-order valence-electron chi connectivity index (χ0n) is 11.6. The van der Waals surface area contributed by atoms with Crippen molar-refractivity contribution >= 4 is 11.5 Å². The molecule has 2 nitrogen and oxygen atoms in total. The van der Waals surface area contributed by atoms with Crippen molar-refractivity contribution in [1.29, 1.82) is 0 Å². The smallest absolute Gasteiger partial charge is 0.211 e. The van der Waals surface area contributed by atoms with E-state index in [9.17, 15) is 4.79 Å². The quantitative estimate of drug-likeness (QED) is 0.715. The molecule has 0 saturated carbocycles. The lowest BCUT2D eigenvalue weighted by Gasteiger charge is -2.17. The highest BCUT2D eigenvalue weighted by molar-refractivity contribution is 6.26. The number of ketones is 1. The lowest BCUT2D eigenvalue weighted by molar-refractivity contribution is 0.103. The summed E-state index contributed by atoms with van der Waals surface area (Å²) in [6.45, 7) is 3.90. The van der Waals surface area contributed by atoms with Crippen LogP contribution in [0.2, 0.25) is 0 Å². The zero-order chi connectivity index (χ0) is 14.1. The predicted octanol–water partition coefficient (Wildman–Crippen LogP) is 3.93. The van der Waals surface area contributed by atoms with Crippen molar-refractivity contribution < 1.29 is 4.79 Å². The van der Waals surface area contributed by atoms with Gasteiger partial charge in [-0.25, -0.2) is 4.99 Å². The topological polar surface area (TPSA) is 29.4 Å². The van der Waals surface area contributed by atoms with Gasteiger partial charge in [0.15, 0.2) is 0 Å². The highest BCUT2D eigenvalue weighted by Crippen LogP contribution is 2.25. The van der Waals surface area contributed by atoms with Crippen molar-refractivity contribution in [3.8, 4) is 0 Å². The molecule has 2 aromatic carbocycles. The minimum absolute atomic E-state index is 0.000961. The molecule has 0 atom stereocenters. The molecule has 2 heteroatoms. The van der Waals surface area contributed by atoms with Crippen LogP contribution < -0.4 is 0 Å². The first kappa shape index (κ1) is 12.5. The largest absolute Gasteiger partial charge is 0.287 e. The number of carbonyl (C=O) groups is 1. The Morgan fingerprint density at radius 3 is 2.25 bits per heavy atom. The maximum absolute atomic E-state index is 12.3. The number of allylic oxidation sites excluding steroid dienone is 2. The number of Topliss-reactive ketones (excluding diaryl/α,β-unsaturated/α-hetero) is 1. The van der Waals surface area contributed by atoms with E-state index < -0.39 is 0 Å². The highest BCUT2D eigenvalue weighted by atomic mass is 16.1. The number of benzene rings is 2. The van der Waals surface area contributed by atoms with E-state index in [2.05, 4.69) is 24.0 Å². The molecule has 0 aromatic heterocycles. The summed E-state index contributed by atoms with van der Waals surface area (Å²) in [5, 5.41) is 0.